The monoisotopic (exact) mass is 601 g/mol. The van der Waals surface area contributed by atoms with Crippen molar-refractivity contribution in [1.29, 1.82) is 0 Å². The highest BCUT2D eigenvalue weighted by Gasteiger charge is 2.29. The molecule has 1 amide bonds. The summed E-state index contributed by atoms with van der Waals surface area (Å²) in [4.78, 5) is 36.1. The molecule has 0 radical (unpaired) electrons. The largest absolute Gasteiger partial charge is 0.493 e. The fourth-order valence-electron chi connectivity index (χ4n) is 5.33. The molecular weight excluding hydrogens is 562 g/mol. The molecule has 5 rings (SSSR count). The average Bonchev–Trinajstić information content (AvgIpc) is 3.87. The van der Waals surface area contributed by atoms with Gasteiger partial charge in [0.15, 0.2) is 0 Å². The molecule has 0 aromatic heterocycles. The van der Waals surface area contributed by atoms with Crippen LogP contribution in [0, 0.1) is 11.8 Å². The molecular formula is C35H39NO8. The van der Waals surface area contributed by atoms with Crippen molar-refractivity contribution >= 4 is 17.8 Å². The highest BCUT2D eigenvalue weighted by molar-refractivity contribution is 6.00. The number of nitrogens with one attached hydrogen (secondary N) is 1. The van der Waals surface area contributed by atoms with Gasteiger partial charge < -0.3 is 29.7 Å². The second-order valence-corrected chi connectivity index (χ2v) is 11.7. The van der Waals surface area contributed by atoms with E-state index in [2.05, 4.69) is 5.32 Å². The molecule has 0 bridgehead atoms. The van der Waals surface area contributed by atoms with Crippen molar-refractivity contribution in [2.75, 3.05) is 13.2 Å². The smallest absolute Gasteiger partial charge is 0.335 e. The van der Waals surface area contributed by atoms with Crippen molar-refractivity contribution < 1.29 is 38.8 Å². The molecule has 9 heteroatoms. The summed E-state index contributed by atoms with van der Waals surface area (Å²) in [6.07, 6.45) is 6.28. The van der Waals surface area contributed by atoms with Gasteiger partial charge in [0.05, 0.1) is 30.3 Å². The number of hydrogen-bond acceptors (Lipinski definition) is 6. The van der Waals surface area contributed by atoms with E-state index in [-0.39, 0.29) is 17.2 Å². The third kappa shape index (κ3) is 8.99. The van der Waals surface area contributed by atoms with Gasteiger partial charge in [-0.1, -0.05) is 30.7 Å². The van der Waals surface area contributed by atoms with Crippen LogP contribution in [0.3, 0.4) is 0 Å². The normalized spacial score (nSPS) is 17.8. The second kappa shape index (κ2) is 14.8. The third-order valence-electron chi connectivity index (χ3n) is 8.13. The molecule has 9 nitrogen and oxygen atoms in total. The number of rotatable bonds is 15. The molecule has 0 heterocycles. The number of aryl methyl sites for hydroxylation is 1. The molecule has 3 N–H and O–H groups in total. The van der Waals surface area contributed by atoms with Crippen LogP contribution in [0.2, 0.25) is 0 Å². The van der Waals surface area contributed by atoms with Gasteiger partial charge in [-0.25, -0.2) is 4.79 Å². The van der Waals surface area contributed by atoms with E-state index >= 15 is 0 Å². The lowest BCUT2D eigenvalue weighted by atomic mass is 9.85. The first kappa shape index (κ1) is 30.9. The van der Waals surface area contributed by atoms with Gasteiger partial charge in [0, 0.05) is 6.04 Å². The van der Waals surface area contributed by atoms with Crippen molar-refractivity contribution in [1.82, 2.24) is 5.32 Å². The fourth-order valence-corrected chi connectivity index (χ4v) is 5.33. The summed E-state index contributed by atoms with van der Waals surface area (Å²) in [6, 6.07) is 19.8. The molecule has 3 aromatic carbocycles. The van der Waals surface area contributed by atoms with Crippen LogP contribution >= 0.6 is 0 Å². The molecule has 232 valence electrons. The van der Waals surface area contributed by atoms with Gasteiger partial charge >= 0.3 is 11.9 Å². The van der Waals surface area contributed by atoms with E-state index in [4.69, 9.17) is 14.2 Å². The fraction of sp³-hybridized carbons (Fsp3) is 0.400. The standard InChI is InChI=1S/C35H39NO8/c37-33(36-28-5-1-4-26(19-28)34(38)39)31-20-27(35(40)41)12-17-32(31)42-18-2-3-23-8-13-29(14-9-23)44-22-25-10-15-30(16-11-25)43-21-24-6-7-24/h8-17,20,24,26,28H,1-7,18-19,21-22H2,(H,36,37)(H,38,39)(H,40,41). The molecule has 0 aliphatic heterocycles. The predicted molar refractivity (Wildman–Crippen MR) is 164 cm³/mol. The predicted octanol–water partition coefficient (Wildman–Crippen LogP) is 6.14. The van der Waals surface area contributed by atoms with E-state index in [9.17, 15) is 24.6 Å². The lowest BCUT2D eigenvalue weighted by Gasteiger charge is -2.27. The SMILES string of the molecule is O=C(O)c1ccc(OCCCc2ccc(OCc3ccc(OCC4CC4)cc3)cc2)c(C(=O)NC2CCCC(C(=O)O)C2)c1. The van der Waals surface area contributed by atoms with E-state index in [1.54, 1.807) is 0 Å². The van der Waals surface area contributed by atoms with Crippen LogP contribution in [-0.4, -0.2) is 47.3 Å². The van der Waals surface area contributed by atoms with E-state index < -0.39 is 23.8 Å². The third-order valence-corrected chi connectivity index (χ3v) is 8.13. The van der Waals surface area contributed by atoms with Gasteiger partial charge in [-0.3, -0.25) is 9.59 Å². The summed E-state index contributed by atoms with van der Waals surface area (Å²) in [5, 5.41) is 21.7. The van der Waals surface area contributed by atoms with Gasteiger partial charge in [0.25, 0.3) is 5.91 Å². The quantitative estimate of drug-likeness (QED) is 0.177. The Morgan fingerprint density at radius 2 is 1.50 bits per heavy atom. The number of aromatic carboxylic acids is 1. The van der Waals surface area contributed by atoms with Crippen LogP contribution in [0.1, 0.15) is 76.8 Å². The molecule has 2 unspecified atom stereocenters. The Bertz CT molecular complexity index is 1430. The van der Waals surface area contributed by atoms with Crippen LogP contribution < -0.4 is 19.5 Å². The van der Waals surface area contributed by atoms with Crippen molar-refractivity contribution in [2.45, 2.75) is 64.0 Å². The molecule has 2 saturated carbocycles. The summed E-state index contributed by atoms with van der Waals surface area (Å²) in [5.74, 6) is -0.281. The van der Waals surface area contributed by atoms with Gasteiger partial charge in [0.1, 0.15) is 23.9 Å². The Balaban J connectivity index is 1.08. The molecule has 44 heavy (non-hydrogen) atoms. The van der Waals surface area contributed by atoms with Crippen LogP contribution in [0.15, 0.2) is 66.7 Å². The minimum atomic E-state index is -1.15. The first-order chi connectivity index (χ1) is 21.3. The zero-order valence-corrected chi connectivity index (χ0v) is 24.7. The number of amides is 1. The summed E-state index contributed by atoms with van der Waals surface area (Å²) < 4.78 is 17.7. The maximum atomic E-state index is 13.1. The molecule has 3 aromatic rings. The second-order valence-electron chi connectivity index (χ2n) is 11.7. The average molecular weight is 602 g/mol. The summed E-state index contributed by atoms with van der Waals surface area (Å²) in [5.41, 5.74) is 2.29. The van der Waals surface area contributed by atoms with Gasteiger partial charge in [0.2, 0.25) is 0 Å². The molecule has 2 atom stereocenters. The van der Waals surface area contributed by atoms with E-state index in [0.29, 0.717) is 51.1 Å². The summed E-state index contributed by atoms with van der Waals surface area (Å²) >= 11 is 0. The number of aliphatic carboxylic acids is 1. The minimum absolute atomic E-state index is 0.0215. The minimum Gasteiger partial charge on any atom is -0.493 e. The summed E-state index contributed by atoms with van der Waals surface area (Å²) in [6.45, 7) is 1.59. The maximum absolute atomic E-state index is 13.1. The molecule has 0 spiro atoms. The Kier molecular flexibility index (Phi) is 10.4. The Morgan fingerprint density at radius 1 is 0.795 bits per heavy atom. The van der Waals surface area contributed by atoms with E-state index in [0.717, 1.165) is 41.6 Å². The molecule has 2 aliphatic carbocycles. The number of carbonyl (C=O) groups is 3. The number of hydrogen-bond donors (Lipinski definition) is 3. The zero-order valence-electron chi connectivity index (χ0n) is 24.7. The lowest BCUT2D eigenvalue weighted by Crippen LogP contribution is -2.40. The van der Waals surface area contributed by atoms with Crippen molar-refractivity contribution in [2.24, 2.45) is 11.8 Å². The number of benzene rings is 3. The molecule has 2 fully saturated rings. The van der Waals surface area contributed by atoms with Crippen LogP contribution in [0.25, 0.3) is 0 Å². The molecule has 2 aliphatic rings. The Labute approximate surface area is 257 Å². The van der Waals surface area contributed by atoms with Crippen molar-refractivity contribution in [3.05, 3.63) is 89.0 Å². The number of carbonyl (C=O) groups excluding carboxylic acids is 1. The first-order valence-corrected chi connectivity index (χ1v) is 15.3. The highest BCUT2D eigenvalue weighted by atomic mass is 16.5. The van der Waals surface area contributed by atoms with Crippen LogP contribution in [-0.2, 0) is 17.8 Å². The lowest BCUT2D eigenvalue weighted by molar-refractivity contribution is -0.143. The number of carboxylic acids is 2. The van der Waals surface area contributed by atoms with Gasteiger partial charge in [-0.05, 0) is 104 Å². The first-order valence-electron chi connectivity index (χ1n) is 15.3. The van der Waals surface area contributed by atoms with Gasteiger partial charge in [-0.15, -0.1) is 0 Å². The maximum Gasteiger partial charge on any atom is 0.335 e. The van der Waals surface area contributed by atoms with Crippen molar-refractivity contribution in [3.8, 4) is 17.2 Å². The van der Waals surface area contributed by atoms with Crippen LogP contribution in [0.4, 0.5) is 0 Å². The Hall–Kier alpha value is -4.53. The summed E-state index contributed by atoms with van der Waals surface area (Å²) in [7, 11) is 0. The Morgan fingerprint density at radius 3 is 2.18 bits per heavy atom. The highest BCUT2D eigenvalue weighted by Crippen LogP contribution is 2.30. The van der Waals surface area contributed by atoms with E-state index in [1.165, 1.54) is 31.0 Å². The van der Waals surface area contributed by atoms with E-state index in [1.807, 2.05) is 48.5 Å². The van der Waals surface area contributed by atoms with Gasteiger partial charge in [-0.2, -0.15) is 0 Å². The zero-order chi connectivity index (χ0) is 30.9. The topological polar surface area (TPSA) is 131 Å². The van der Waals surface area contributed by atoms with Crippen molar-refractivity contribution in [3.63, 3.8) is 0 Å². The number of ether oxygens (including phenoxy) is 3. The molecule has 0 saturated heterocycles. The number of carboxylic acid groups (broad SMARTS) is 2. The van der Waals surface area contributed by atoms with Crippen LogP contribution in [0.5, 0.6) is 17.2 Å².